The van der Waals surface area contributed by atoms with Gasteiger partial charge in [-0.15, -0.1) is 11.3 Å². The van der Waals surface area contributed by atoms with E-state index >= 15 is 0 Å². The number of hydrogen-bond donors (Lipinski definition) is 1. The number of amides is 1. The molecule has 7 nitrogen and oxygen atoms in total. The Morgan fingerprint density at radius 1 is 1.19 bits per heavy atom. The van der Waals surface area contributed by atoms with Gasteiger partial charge in [-0.2, -0.15) is 0 Å². The van der Waals surface area contributed by atoms with Crippen LogP contribution in [0.5, 0.6) is 5.88 Å². The smallest absolute Gasteiger partial charge is 0.311 e. The van der Waals surface area contributed by atoms with Crippen LogP contribution < -0.4 is 10.1 Å². The normalized spacial score (nSPS) is 10.3. The Hall–Kier alpha value is -3.26. The highest BCUT2D eigenvalue weighted by atomic mass is 32.1. The third-order valence-electron chi connectivity index (χ3n) is 3.55. The van der Waals surface area contributed by atoms with Crippen molar-refractivity contribution >= 4 is 28.3 Å². The van der Waals surface area contributed by atoms with Gasteiger partial charge in [-0.3, -0.25) is 14.9 Å². The lowest BCUT2D eigenvalue weighted by Gasteiger charge is -2.07. The highest BCUT2D eigenvalue weighted by molar-refractivity contribution is 7.14. The Morgan fingerprint density at radius 2 is 2.00 bits per heavy atom. The summed E-state index contributed by atoms with van der Waals surface area (Å²) in [5.41, 5.74) is 1.96. The molecule has 138 valence electrons. The molecule has 1 amide bonds. The maximum Gasteiger partial charge on any atom is 0.311 e. The van der Waals surface area contributed by atoms with Gasteiger partial charge >= 0.3 is 5.97 Å². The van der Waals surface area contributed by atoms with Crippen LogP contribution in [0.4, 0.5) is 5.13 Å². The molecule has 27 heavy (non-hydrogen) atoms. The van der Waals surface area contributed by atoms with Gasteiger partial charge in [0.25, 0.3) is 5.91 Å². The van der Waals surface area contributed by atoms with Gasteiger partial charge in [0.2, 0.25) is 5.88 Å². The molecule has 0 fully saturated rings. The number of carbonyl (C=O) groups excluding carboxylic acids is 2. The van der Waals surface area contributed by atoms with Crippen molar-refractivity contribution < 1.29 is 19.1 Å². The molecule has 0 atom stereocenters. The van der Waals surface area contributed by atoms with E-state index in [1.54, 1.807) is 17.5 Å². The monoisotopic (exact) mass is 383 g/mol. The van der Waals surface area contributed by atoms with Crippen LogP contribution in [0.15, 0.2) is 54.0 Å². The second-order valence-corrected chi connectivity index (χ2v) is 6.37. The lowest BCUT2D eigenvalue weighted by atomic mass is 10.2. The van der Waals surface area contributed by atoms with Gasteiger partial charge in [0.15, 0.2) is 5.13 Å². The summed E-state index contributed by atoms with van der Waals surface area (Å²) in [6.07, 6.45) is 1.58. The first kappa shape index (κ1) is 18.5. The summed E-state index contributed by atoms with van der Waals surface area (Å²) in [6, 6.07) is 12.9. The minimum absolute atomic E-state index is 0.0651. The van der Waals surface area contributed by atoms with E-state index in [-0.39, 0.29) is 18.3 Å². The van der Waals surface area contributed by atoms with Crippen LogP contribution in [0.2, 0.25) is 0 Å². The van der Waals surface area contributed by atoms with Gasteiger partial charge in [-0.25, -0.2) is 9.97 Å². The standard InChI is InChI=1S/C19H17N3O4S/c1-25-17(23)10-15-12-27-19(21-15)22-18(24)14-7-8-20-16(9-14)26-11-13-5-3-2-4-6-13/h2-9,12H,10-11H2,1H3,(H,21,22,24). The summed E-state index contributed by atoms with van der Waals surface area (Å²) in [7, 11) is 1.32. The van der Waals surface area contributed by atoms with Gasteiger partial charge in [0, 0.05) is 23.2 Å². The molecule has 8 heteroatoms. The maximum atomic E-state index is 12.4. The maximum absolute atomic E-state index is 12.4. The molecule has 3 aromatic rings. The average molecular weight is 383 g/mol. The zero-order chi connectivity index (χ0) is 19.1. The fourth-order valence-corrected chi connectivity index (χ4v) is 2.90. The number of benzene rings is 1. The number of methoxy groups -OCH3 is 1. The molecule has 0 saturated heterocycles. The van der Waals surface area contributed by atoms with Gasteiger partial charge in [-0.05, 0) is 11.6 Å². The van der Waals surface area contributed by atoms with Crippen molar-refractivity contribution in [3.63, 3.8) is 0 Å². The molecular formula is C19H17N3O4S. The highest BCUT2D eigenvalue weighted by Crippen LogP contribution is 2.18. The molecule has 2 heterocycles. The Bertz CT molecular complexity index is 927. The van der Waals surface area contributed by atoms with Gasteiger partial charge in [0.05, 0.1) is 19.2 Å². The number of rotatable bonds is 7. The molecule has 1 aromatic carbocycles. The number of esters is 1. The Labute approximate surface area is 160 Å². The number of hydrogen-bond acceptors (Lipinski definition) is 7. The van der Waals surface area contributed by atoms with Crippen molar-refractivity contribution in [2.75, 3.05) is 12.4 Å². The van der Waals surface area contributed by atoms with Crippen LogP contribution in [-0.4, -0.2) is 29.0 Å². The number of nitrogens with zero attached hydrogens (tertiary/aromatic N) is 2. The number of nitrogens with one attached hydrogen (secondary N) is 1. The van der Waals surface area contributed by atoms with Crippen LogP contribution in [0, 0.1) is 0 Å². The molecule has 0 bridgehead atoms. The van der Waals surface area contributed by atoms with E-state index in [2.05, 4.69) is 20.0 Å². The largest absolute Gasteiger partial charge is 0.473 e. The van der Waals surface area contributed by atoms with E-state index < -0.39 is 0 Å². The highest BCUT2D eigenvalue weighted by Gasteiger charge is 2.12. The Balaban J connectivity index is 1.61. The first-order chi connectivity index (χ1) is 13.1. The molecule has 0 aliphatic carbocycles. The summed E-state index contributed by atoms with van der Waals surface area (Å²) in [5, 5.41) is 4.81. The molecule has 0 spiro atoms. The summed E-state index contributed by atoms with van der Waals surface area (Å²) in [4.78, 5) is 32.0. The average Bonchev–Trinajstić information content (AvgIpc) is 3.14. The fourth-order valence-electron chi connectivity index (χ4n) is 2.20. The van der Waals surface area contributed by atoms with Crippen molar-refractivity contribution in [1.29, 1.82) is 0 Å². The van der Waals surface area contributed by atoms with Gasteiger partial charge in [0.1, 0.15) is 6.61 Å². The van der Waals surface area contributed by atoms with Crippen LogP contribution in [0.3, 0.4) is 0 Å². The number of aromatic nitrogens is 2. The predicted octanol–water partition coefficient (Wildman–Crippen LogP) is 3.08. The SMILES string of the molecule is COC(=O)Cc1csc(NC(=O)c2ccnc(OCc3ccccc3)c2)n1. The fraction of sp³-hybridized carbons (Fsp3) is 0.158. The second kappa shape index (κ2) is 8.91. The third kappa shape index (κ3) is 5.35. The quantitative estimate of drug-likeness (QED) is 0.631. The number of thiazole rings is 1. The summed E-state index contributed by atoms with van der Waals surface area (Å²) < 4.78 is 10.2. The van der Waals surface area contributed by atoms with E-state index in [0.717, 1.165) is 5.56 Å². The van der Waals surface area contributed by atoms with Crippen molar-refractivity contribution in [3.8, 4) is 5.88 Å². The molecular weight excluding hydrogens is 366 g/mol. The number of carbonyl (C=O) groups is 2. The summed E-state index contributed by atoms with van der Waals surface area (Å²) in [6.45, 7) is 0.363. The van der Waals surface area contributed by atoms with Crippen molar-refractivity contribution in [2.45, 2.75) is 13.0 Å². The van der Waals surface area contributed by atoms with Gasteiger partial charge in [-0.1, -0.05) is 30.3 Å². The van der Waals surface area contributed by atoms with Crippen molar-refractivity contribution in [3.05, 3.63) is 70.9 Å². The molecule has 0 radical (unpaired) electrons. The molecule has 0 unspecified atom stereocenters. The second-order valence-electron chi connectivity index (χ2n) is 5.51. The zero-order valence-electron chi connectivity index (χ0n) is 14.5. The van der Waals surface area contributed by atoms with E-state index in [0.29, 0.717) is 28.9 Å². The zero-order valence-corrected chi connectivity index (χ0v) is 15.4. The Morgan fingerprint density at radius 3 is 2.78 bits per heavy atom. The van der Waals surface area contributed by atoms with Crippen LogP contribution in [-0.2, 0) is 22.6 Å². The van der Waals surface area contributed by atoms with Crippen molar-refractivity contribution in [2.24, 2.45) is 0 Å². The van der Waals surface area contributed by atoms with E-state index in [9.17, 15) is 9.59 Å². The Kier molecular flexibility index (Phi) is 6.11. The summed E-state index contributed by atoms with van der Waals surface area (Å²) >= 11 is 1.24. The minimum Gasteiger partial charge on any atom is -0.473 e. The lowest BCUT2D eigenvalue weighted by Crippen LogP contribution is -2.12. The third-order valence-corrected chi connectivity index (χ3v) is 4.36. The first-order valence-corrected chi connectivity index (χ1v) is 8.97. The molecule has 0 aliphatic heterocycles. The van der Waals surface area contributed by atoms with Gasteiger partial charge < -0.3 is 9.47 Å². The minimum atomic E-state index is -0.382. The van der Waals surface area contributed by atoms with E-state index in [1.807, 2.05) is 30.3 Å². The van der Waals surface area contributed by atoms with E-state index in [4.69, 9.17) is 4.74 Å². The molecule has 0 saturated carbocycles. The summed E-state index contributed by atoms with van der Waals surface area (Å²) in [5.74, 6) is -0.356. The molecule has 1 N–H and O–H groups in total. The number of pyridine rings is 1. The molecule has 3 rings (SSSR count). The molecule has 0 aliphatic rings. The first-order valence-electron chi connectivity index (χ1n) is 8.09. The molecule has 2 aromatic heterocycles. The number of anilines is 1. The lowest BCUT2D eigenvalue weighted by molar-refractivity contribution is -0.139. The van der Waals surface area contributed by atoms with Crippen molar-refractivity contribution in [1.82, 2.24) is 9.97 Å². The van der Waals surface area contributed by atoms with Crippen LogP contribution in [0.25, 0.3) is 0 Å². The topological polar surface area (TPSA) is 90.4 Å². The predicted molar refractivity (Wildman–Crippen MR) is 101 cm³/mol. The van der Waals surface area contributed by atoms with Crippen LogP contribution in [0.1, 0.15) is 21.6 Å². The van der Waals surface area contributed by atoms with E-state index in [1.165, 1.54) is 24.6 Å². The van der Waals surface area contributed by atoms with Crippen LogP contribution >= 0.6 is 11.3 Å². The number of ether oxygens (including phenoxy) is 2.